The minimum atomic E-state index is -0.399. The first kappa shape index (κ1) is 19.9. The maximum atomic E-state index is 12.2. The number of ether oxygens (including phenoxy) is 2. The topological polar surface area (TPSA) is 55.8 Å². The molecule has 1 atom stereocenters. The van der Waals surface area contributed by atoms with E-state index >= 15 is 0 Å². The van der Waals surface area contributed by atoms with Crippen LogP contribution in [-0.4, -0.2) is 25.5 Å². The Hall–Kier alpha value is -2.82. The smallest absolute Gasteiger partial charge is 0.311 e. The molecule has 0 aliphatic carbocycles. The minimum Gasteiger partial charge on any atom is -0.489 e. The van der Waals surface area contributed by atoms with E-state index in [0.29, 0.717) is 13.2 Å². The molecule has 1 aliphatic heterocycles. The third-order valence-corrected chi connectivity index (χ3v) is 5.03. The SMILES string of the molecule is COC(=O)C1CC(=O)N(c2ccc(OCc3ccc(C(C)(C)C)cc3)cc2)C1. The third kappa shape index (κ3) is 4.53. The van der Waals surface area contributed by atoms with Crippen molar-refractivity contribution in [3.63, 3.8) is 0 Å². The molecule has 2 aromatic rings. The van der Waals surface area contributed by atoms with E-state index in [1.807, 2.05) is 24.3 Å². The lowest BCUT2D eigenvalue weighted by Crippen LogP contribution is -2.26. The Morgan fingerprint density at radius 1 is 1.07 bits per heavy atom. The van der Waals surface area contributed by atoms with Crippen LogP contribution in [0, 0.1) is 5.92 Å². The molecule has 3 rings (SSSR count). The van der Waals surface area contributed by atoms with E-state index in [2.05, 4.69) is 45.0 Å². The normalized spacial score (nSPS) is 16.9. The zero-order valence-electron chi connectivity index (χ0n) is 16.9. The molecule has 2 aromatic carbocycles. The van der Waals surface area contributed by atoms with Gasteiger partial charge in [0.25, 0.3) is 0 Å². The lowest BCUT2D eigenvalue weighted by molar-refractivity contribution is -0.145. The highest BCUT2D eigenvalue weighted by atomic mass is 16.5. The Bertz CT molecular complexity index is 834. The molecule has 1 unspecified atom stereocenters. The molecular formula is C23H27NO4. The second-order valence-corrected chi connectivity index (χ2v) is 8.16. The first-order valence-corrected chi connectivity index (χ1v) is 9.48. The average Bonchev–Trinajstić information content (AvgIpc) is 3.07. The predicted octanol–water partition coefficient (Wildman–Crippen LogP) is 4.09. The summed E-state index contributed by atoms with van der Waals surface area (Å²) in [6.07, 6.45) is 0.190. The molecule has 1 aliphatic rings. The summed E-state index contributed by atoms with van der Waals surface area (Å²) in [5.41, 5.74) is 3.29. The standard InChI is InChI=1S/C23H27NO4/c1-23(2,3)18-7-5-16(6-8-18)15-28-20-11-9-19(10-12-20)24-14-17(13-21(24)25)22(26)27-4/h5-12,17H,13-15H2,1-4H3. The molecule has 1 heterocycles. The van der Waals surface area contributed by atoms with Crippen LogP contribution < -0.4 is 9.64 Å². The number of anilines is 1. The number of rotatable bonds is 5. The maximum Gasteiger partial charge on any atom is 0.311 e. The van der Waals surface area contributed by atoms with Gasteiger partial charge in [-0.2, -0.15) is 0 Å². The van der Waals surface area contributed by atoms with E-state index in [9.17, 15) is 9.59 Å². The summed E-state index contributed by atoms with van der Waals surface area (Å²) in [7, 11) is 1.35. The van der Waals surface area contributed by atoms with Gasteiger partial charge in [-0.15, -0.1) is 0 Å². The number of benzene rings is 2. The van der Waals surface area contributed by atoms with E-state index in [0.717, 1.165) is 17.0 Å². The van der Waals surface area contributed by atoms with Gasteiger partial charge in [-0.05, 0) is 40.8 Å². The first-order chi connectivity index (χ1) is 13.3. The predicted molar refractivity (Wildman–Crippen MR) is 108 cm³/mol. The van der Waals surface area contributed by atoms with E-state index in [-0.39, 0.29) is 23.7 Å². The fourth-order valence-corrected chi connectivity index (χ4v) is 3.27. The fraction of sp³-hybridized carbons (Fsp3) is 0.391. The molecule has 1 fully saturated rings. The van der Waals surface area contributed by atoms with Crippen molar-refractivity contribution in [2.24, 2.45) is 5.92 Å². The number of carbonyl (C=O) groups is 2. The quantitative estimate of drug-likeness (QED) is 0.732. The summed E-state index contributed by atoms with van der Waals surface area (Å²) in [6, 6.07) is 15.8. The number of carbonyl (C=O) groups excluding carboxylic acids is 2. The number of hydrogen-bond acceptors (Lipinski definition) is 4. The lowest BCUT2D eigenvalue weighted by Gasteiger charge is -2.19. The molecule has 0 aromatic heterocycles. The number of esters is 1. The number of hydrogen-bond donors (Lipinski definition) is 0. The maximum absolute atomic E-state index is 12.2. The molecule has 0 bridgehead atoms. The Labute approximate surface area is 166 Å². The summed E-state index contributed by atoms with van der Waals surface area (Å²) in [4.78, 5) is 25.5. The number of nitrogens with zero attached hydrogens (tertiary/aromatic N) is 1. The van der Waals surface area contributed by atoms with Gasteiger partial charge >= 0.3 is 5.97 Å². The van der Waals surface area contributed by atoms with E-state index < -0.39 is 5.92 Å². The highest BCUT2D eigenvalue weighted by Gasteiger charge is 2.35. The molecule has 28 heavy (non-hydrogen) atoms. The van der Waals surface area contributed by atoms with Gasteiger partial charge in [-0.25, -0.2) is 0 Å². The Morgan fingerprint density at radius 3 is 2.29 bits per heavy atom. The molecule has 1 saturated heterocycles. The Balaban J connectivity index is 1.59. The van der Waals surface area contributed by atoms with Crippen molar-refractivity contribution in [1.82, 2.24) is 0 Å². The third-order valence-electron chi connectivity index (χ3n) is 5.03. The molecular weight excluding hydrogens is 354 g/mol. The van der Waals surface area contributed by atoms with Gasteiger partial charge in [0.05, 0.1) is 13.0 Å². The fourth-order valence-electron chi connectivity index (χ4n) is 3.27. The molecule has 0 radical (unpaired) electrons. The Kier molecular flexibility index (Phi) is 5.73. The highest BCUT2D eigenvalue weighted by molar-refractivity contribution is 5.99. The zero-order chi connectivity index (χ0) is 20.3. The van der Waals surface area contributed by atoms with Gasteiger partial charge in [-0.3, -0.25) is 9.59 Å². The second kappa shape index (κ2) is 8.05. The molecule has 148 valence electrons. The molecule has 1 amide bonds. The summed E-state index contributed by atoms with van der Waals surface area (Å²) < 4.78 is 10.6. The van der Waals surface area contributed by atoms with Crippen LogP contribution in [-0.2, 0) is 26.3 Å². The molecule has 0 spiro atoms. The van der Waals surface area contributed by atoms with Crippen molar-refractivity contribution in [3.05, 3.63) is 59.7 Å². The molecule has 0 N–H and O–H groups in total. The van der Waals surface area contributed by atoms with Crippen molar-refractivity contribution in [2.75, 3.05) is 18.6 Å². The largest absolute Gasteiger partial charge is 0.489 e. The van der Waals surface area contributed by atoms with Crippen LogP contribution in [0.2, 0.25) is 0 Å². The van der Waals surface area contributed by atoms with Gasteiger partial charge in [0.2, 0.25) is 5.91 Å². The van der Waals surface area contributed by atoms with Crippen LogP contribution in [0.15, 0.2) is 48.5 Å². The van der Waals surface area contributed by atoms with Crippen molar-refractivity contribution in [3.8, 4) is 5.75 Å². The second-order valence-electron chi connectivity index (χ2n) is 8.16. The van der Waals surface area contributed by atoms with Crippen molar-refractivity contribution < 1.29 is 19.1 Å². The van der Waals surface area contributed by atoms with Gasteiger partial charge in [-0.1, -0.05) is 45.0 Å². The van der Waals surface area contributed by atoms with Crippen LogP contribution in [0.5, 0.6) is 5.75 Å². The van der Waals surface area contributed by atoms with Crippen molar-refractivity contribution in [2.45, 2.75) is 39.2 Å². The van der Waals surface area contributed by atoms with Gasteiger partial charge < -0.3 is 14.4 Å². The summed E-state index contributed by atoms with van der Waals surface area (Å²) in [5.74, 6) is -0.0689. The number of amides is 1. The van der Waals surface area contributed by atoms with Crippen molar-refractivity contribution >= 4 is 17.6 Å². The van der Waals surface area contributed by atoms with Crippen LogP contribution in [0.4, 0.5) is 5.69 Å². The van der Waals surface area contributed by atoms with Gasteiger partial charge in [0.1, 0.15) is 12.4 Å². The Morgan fingerprint density at radius 2 is 1.71 bits per heavy atom. The van der Waals surface area contributed by atoms with Crippen molar-refractivity contribution in [1.29, 1.82) is 0 Å². The molecule has 5 heteroatoms. The summed E-state index contributed by atoms with van der Waals surface area (Å²) in [6.45, 7) is 7.42. The van der Waals surface area contributed by atoms with Gasteiger partial charge in [0, 0.05) is 18.7 Å². The summed E-state index contributed by atoms with van der Waals surface area (Å²) in [5, 5.41) is 0. The zero-order valence-corrected chi connectivity index (χ0v) is 16.9. The van der Waals surface area contributed by atoms with E-state index in [1.165, 1.54) is 12.7 Å². The van der Waals surface area contributed by atoms with Crippen LogP contribution >= 0.6 is 0 Å². The molecule has 0 saturated carbocycles. The van der Waals surface area contributed by atoms with Crippen LogP contribution in [0.1, 0.15) is 38.3 Å². The van der Waals surface area contributed by atoms with Crippen LogP contribution in [0.25, 0.3) is 0 Å². The monoisotopic (exact) mass is 381 g/mol. The van der Waals surface area contributed by atoms with Crippen LogP contribution in [0.3, 0.4) is 0 Å². The minimum absolute atomic E-state index is 0.0667. The molecule has 5 nitrogen and oxygen atoms in total. The first-order valence-electron chi connectivity index (χ1n) is 9.48. The number of methoxy groups -OCH3 is 1. The van der Waals surface area contributed by atoms with E-state index in [4.69, 9.17) is 9.47 Å². The van der Waals surface area contributed by atoms with Gasteiger partial charge in [0.15, 0.2) is 0 Å². The summed E-state index contributed by atoms with van der Waals surface area (Å²) >= 11 is 0. The highest BCUT2D eigenvalue weighted by Crippen LogP contribution is 2.28. The average molecular weight is 381 g/mol. The van der Waals surface area contributed by atoms with E-state index in [1.54, 1.807) is 4.90 Å². The lowest BCUT2D eigenvalue weighted by atomic mass is 9.87.